The average Bonchev–Trinajstić information content (AvgIpc) is 2.82. The van der Waals surface area contributed by atoms with E-state index < -0.39 is 5.97 Å². The molecule has 0 aliphatic carbocycles. The Labute approximate surface area is 134 Å². The lowest BCUT2D eigenvalue weighted by molar-refractivity contribution is 0.0606. The number of carbonyl (C=O) groups excluding carboxylic acids is 1. The Morgan fingerprint density at radius 3 is 2.85 bits per heavy atom. The van der Waals surface area contributed by atoms with E-state index in [4.69, 9.17) is 11.6 Å². The van der Waals surface area contributed by atoms with Crippen LogP contribution in [0.3, 0.4) is 0 Å². The molecule has 2 rings (SSSR count). The minimum atomic E-state index is -0.465. The van der Waals surface area contributed by atoms with Crippen molar-refractivity contribution < 1.29 is 9.53 Å². The Kier molecular flexibility index (Phi) is 5.01. The fourth-order valence-corrected chi connectivity index (χ4v) is 3.19. The Balaban J connectivity index is 2.20. The molecular formula is C13H12BrClN2O2S. The van der Waals surface area contributed by atoms with Gasteiger partial charge in [-0.3, -0.25) is 0 Å². The van der Waals surface area contributed by atoms with Gasteiger partial charge in [0.1, 0.15) is 0 Å². The highest BCUT2D eigenvalue weighted by atomic mass is 79.9. The quantitative estimate of drug-likeness (QED) is 0.758. The maximum Gasteiger partial charge on any atom is 0.351 e. The van der Waals surface area contributed by atoms with Crippen LogP contribution in [0.25, 0.3) is 0 Å². The van der Waals surface area contributed by atoms with Crippen LogP contribution in [-0.4, -0.2) is 25.1 Å². The van der Waals surface area contributed by atoms with E-state index in [9.17, 15) is 4.79 Å². The molecule has 0 saturated carbocycles. The molecule has 0 unspecified atom stereocenters. The summed E-state index contributed by atoms with van der Waals surface area (Å²) >= 11 is 10.7. The summed E-state index contributed by atoms with van der Waals surface area (Å²) in [5, 5.41) is 0.849. The lowest BCUT2D eigenvalue weighted by Crippen LogP contribution is -2.16. The Morgan fingerprint density at radius 1 is 1.50 bits per heavy atom. The van der Waals surface area contributed by atoms with Gasteiger partial charge in [-0.25, -0.2) is 9.78 Å². The molecule has 0 radical (unpaired) electrons. The van der Waals surface area contributed by atoms with Crippen molar-refractivity contribution in [3.63, 3.8) is 0 Å². The molecular weight excluding hydrogens is 364 g/mol. The average molecular weight is 376 g/mol. The monoisotopic (exact) mass is 374 g/mol. The Bertz CT molecular complexity index is 633. The minimum Gasteiger partial charge on any atom is -0.465 e. The molecule has 7 heteroatoms. The van der Waals surface area contributed by atoms with Gasteiger partial charge in [0.05, 0.1) is 7.11 Å². The fraction of sp³-hybridized carbons (Fsp3) is 0.231. The summed E-state index contributed by atoms with van der Waals surface area (Å²) in [4.78, 5) is 18.0. The van der Waals surface area contributed by atoms with Crippen molar-refractivity contribution in [2.45, 2.75) is 6.54 Å². The molecule has 0 bridgehead atoms. The van der Waals surface area contributed by atoms with Crippen LogP contribution >= 0.6 is 38.9 Å². The maximum atomic E-state index is 11.5. The van der Waals surface area contributed by atoms with Gasteiger partial charge in [0.15, 0.2) is 15.2 Å². The number of methoxy groups -OCH3 is 1. The second kappa shape index (κ2) is 6.56. The zero-order valence-corrected chi connectivity index (χ0v) is 14.1. The van der Waals surface area contributed by atoms with E-state index in [0.717, 1.165) is 10.0 Å². The normalized spacial score (nSPS) is 10.4. The third-order valence-corrected chi connectivity index (χ3v) is 4.95. The Hall–Kier alpha value is -1.11. The van der Waals surface area contributed by atoms with Crippen molar-refractivity contribution in [1.29, 1.82) is 0 Å². The second-order valence-corrected chi connectivity index (χ2v) is 6.25. The molecule has 1 aromatic heterocycles. The molecule has 106 valence electrons. The summed E-state index contributed by atoms with van der Waals surface area (Å²) in [7, 11) is 3.22. The van der Waals surface area contributed by atoms with E-state index in [1.54, 1.807) is 0 Å². The number of carbonyl (C=O) groups is 1. The molecule has 0 atom stereocenters. The summed E-state index contributed by atoms with van der Waals surface area (Å²) in [5.41, 5.74) is 1.13. The molecule has 4 nitrogen and oxygen atoms in total. The number of anilines is 1. The highest BCUT2D eigenvalue weighted by Crippen LogP contribution is 2.31. The van der Waals surface area contributed by atoms with Crippen LogP contribution in [0.2, 0.25) is 5.15 Å². The highest BCUT2D eigenvalue weighted by Gasteiger charge is 2.19. The molecule has 0 amide bonds. The van der Waals surface area contributed by atoms with Gasteiger partial charge in [0.2, 0.25) is 0 Å². The van der Waals surface area contributed by atoms with Crippen molar-refractivity contribution >= 4 is 50.0 Å². The van der Waals surface area contributed by atoms with Gasteiger partial charge >= 0.3 is 5.97 Å². The van der Waals surface area contributed by atoms with Crippen LogP contribution in [0, 0.1) is 0 Å². The largest absolute Gasteiger partial charge is 0.465 e. The van der Waals surface area contributed by atoms with Crippen LogP contribution in [0.4, 0.5) is 5.13 Å². The van der Waals surface area contributed by atoms with Crippen LogP contribution in [-0.2, 0) is 11.3 Å². The minimum absolute atomic E-state index is 0.177. The van der Waals surface area contributed by atoms with E-state index in [1.807, 2.05) is 36.2 Å². The Morgan fingerprint density at radius 2 is 2.20 bits per heavy atom. The number of thiazole rings is 1. The molecule has 0 aliphatic heterocycles. The van der Waals surface area contributed by atoms with E-state index >= 15 is 0 Å². The van der Waals surface area contributed by atoms with E-state index in [2.05, 4.69) is 25.7 Å². The van der Waals surface area contributed by atoms with Crippen molar-refractivity contribution in [1.82, 2.24) is 4.98 Å². The molecule has 0 fully saturated rings. The molecule has 2 aromatic rings. The lowest BCUT2D eigenvalue weighted by Gasteiger charge is -2.16. The molecule has 0 spiro atoms. The van der Waals surface area contributed by atoms with Crippen LogP contribution in [0.1, 0.15) is 15.2 Å². The molecule has 0 aliphatic rings. The topological polar surface area (TPSA) is 42.4 Å². The summed E-state index contributed by atoms with van der Waals surface area (Å²) in [5.74, 6) is -0.465. The third-order valence-electron chi connectivity index (χ3n) is 2.64. The van der Waals surface area contributed by atoms with Crippen LogP contribution in [0.5, 0.6) is 0 Å². The van der Waals surface area contributed by atoms with Crippen molar-refractivity contribution in [3.05, 3.63) is 44.3 Å². The molecule has 1 aromatic carbocycles. The molecule has 20 heavy (non-hydrogen) atoms. The van der Waals surface area contributed by atoms with E-state index in [1.165, 1.54) is 18.4 Å². The smallest absolute Gasteiger partial charge is 0.351 e. The summed E-state index contributed by atoms with van der Waals surface area (Å²) in [6.45, 7) is 0.659. The van der Waals surface area contributed by atoms with Gasteiger partial charge in [-0.15, -0.1) is 0 Å². The summed E-state index contributed by atoms with van der Waals surface area (Å²) in [6.07, 6.45) is 0. The third kappa shape index (κ3) is 3.31. The summed E-state index contributed by atoms with van der Waals surface area (Å²) < 4.78 is 5.70. The number of halogens is 2. The molecule has 1 heterocycles. The number of benzene rings is 1. The van der Waals surface area contributed by atoms with Crippen molar-refractivity contribution in [3.8, 4) is 0 Å². The van der Waals surface area contributed by atoms with Crippen molar-refractivity contribution in [2.24, 2.45) is 0 Å². The van der Waals surface area contributed by atoms with Gasteiger partial charge in [-0.2, -0.15) is 0 Å². The first-order valence-corrected chi connectivity index (χ1v) is 7.71. The van der Waals surface area contributed by atoms with Gasteiger partial charge < -0.3 is 9.64 Å². The highest BCUT2D eigenvalue weighted by molar-refractivity contribution is 9.10. The first-order valence-electron chi connectivity index (χ1n) is 5.72. The van der Waals surface area contributed by atoms with Gasteiger partial charge in [0.25, 0.3) is 0 Å². The van der Waals surface area contributed by atoms with E-state index in [-0.39, 0.29) is 5.15 Å². The first-order chi connectivity index (χ1) is 9.52. The fourth-order valence-electron chi connectivity index (χ4n) is 1.62. The number of aromatic nitrogens is 1. The summed E-state index contributed by atoms with van der Waals surface area (Å²) in [6, 6.07) is 7.95. The SMILES string of the molecule is COC(=O)c1sc(N(C)Cc2ccccc2Br)nc1Cl. The van der Waals surface area contributed by atoms with Crippen LogP contribution in [0.15, 0.2) is 28.7 Å². The van der Waals surface area contributed by atoms with Gasteiger partial charge in [0, 0.05) is 18.1 Å². The predicted octanol–water partition coefficient (Wildman–Crippen LogP) is 3.98. The number of esters is 1. The molecule has 0 N–H and O–H groups in total. The number of nitrogens with zero attached hydrogens (tertiary/aromatic N) is 2. The van der Waals surface area contributed by atoms with Gasteiger partial charge in [-0.05, 0) is 11.6 Å². The van der Waals surface area contributed by atoms with Gasteiger partial charge in [-0.1, -0.05) is 57.1 Å². The standard InChI is InChI=1S/C13H12BrClN2O2S/c1-17(7-8-5-3-4-6-9(8)14)13-16-11(15)10(20-13)12(18)19-2/h3-6H,7H2,1-2H3. The first kappa shape index (κ1) is 15.3. The van der Waals surface area contributed by atoms with Crippen LogP contribution < -0.4 is 4.90 Å². The zero-order chi connectivity index (χ0) is 14.7. The zero-order valence-electron chi connectivity index (χ0n) is 10.9. The lowest BCUT2D eigenvalue weighted by atomic mass is 10.2. The number of hydrogen-bond acceptors (Lipinski definition) is 5. The molecule has 0 saturated heterocycles. The second-order valence-electron chi connectivity index (χ2n) is 4.06. The van der Waals surface area contributed by atoms with E-state index in [0.29, 0.717) is 16.6 Å². The maximum absolute atomic E-state index is 11.5. The van der Waals surface area contributed by atoms with Crippen molar-refractivity contribution in [2.75, 3.05) is 19.1 Å². The number of ether oxygens (including phenoxy) is 1. The number of rotatable bonds is 4. The number of hydrogen-bond donors (Lipinski definition) is 0. The predicted molar refractivity (Wildman–Crippen MR) is 84.7 cm³/mol.